The highest BCUT2D eigenvalue weighted by molar-refractivity contribution is 7.19. The van der Waals surface area contributed by atoms with E-state index in [0.29, 0.717) is 0 Å². The standard InChI is InChI=1S/C60H41N3Si/c1-4-20-45(21-5-1)64(46-22-6-2-7-23-46,47-24-8-3-9-25-47)48-26-18-19-42(39-48)61-57-33-16-12-29-51(57)53-41-44(36-37-59(53)61)63-58-34-17-13-30-52(58)54-40-43(35-38-60(54)63)62-55-31-14-10-27-49(55)50-28-11-15-32-56(50)62/h1-41H. The van der Waals surface area contributed by atoms with Crippen molar-refractivity contribution < 1.29 is 0 Å². The molecule has 0 N–H and O–H groups in total. The smallest absolute Gasteiger partial charge is 0.179 e. The van der Waals surface area contributed by atoms with Crippen molar-refractivity contribution >= 4 is 94.2 Å². The Morgan fingerprint density at radius 2 is 0.500 bits per heavy atom. The first-order valence-corrected chi connectivity index (χ1v) is 24.1. The Kier molecular flexibility index (Phi) is 8.23. The van der Waals surface area contributed by atoms with Crippen LogP contribution in [-0.4, -0.2) is 21.8 Å². The molecule has 0 bridgehead atoms. The maximum atomic E-state index is 2.47. The first kappa shape index (κ1) is 36.5. The summed E-state index contributed by atoms with van der Waals surface area (Å²) in [6, 6.07) is 92.2. The van der Waals surface area contributed by atoms with Crippen molar-refractivity contribution in [1.29, 1.82) is 0 Å². The molecule has 0 spiro atoms. The van der Waals surface area contributed by atoms with Crippen LogP contribution >= 0.6 is 0 Å². The molecule has 0 fully saturated rings. The van der Waals surface area contributed by atoms with Crippen molar-refractivity contribution in [2.24, 2.45) is 0 Å². The van der Waals surface area contributed by atoms with Gasteiger partial charge in [0.25, 0.3) is 0 Å². The lowest BCUT2D eigenvalue weighted by Crippen LogP contribution is -2.74. The minimum Gasteiger partial charge on any atom is -0.309 e. The predicted octanol–water partition coefficient (Wildman–Crippen LogP) is 12.4. The van der Waals surface area contributed by atoms with Gasteiger partial charge in [0.2, 0.25) is 0 Å². The monoisotopic (exact) mass is 831 g/mol. The summed E-state index contributed by atoms with van der Waals surface area (Å²) in [4.78, 5) is 0. The SMILES string of the molecule is c1ccc([Si](c2ccccc2)(c2ccccc2)c2cccc(-n3c4ccccc4c4cc(-n5c6ccccc6c6cc(-n7c8ccccc8c8ccccc87)ccc65)ccc43)c2)cc1. The van der Waals surface area contributed by atoms with Crippen LogP contribution < -0.4 is 20.7 Å². The van der Waals surface area contributed by atoms with Gasteiger partial charge >= 0.3 is 0 Å². The Labute approximate surface area is 372 Å². The molecule has 13 aromatic rings. The van der Waals surface area contributed by atoms with Crippen LogP contribution in [0.15, 0.2) is 249 Å². The molecule has 0 aliphatic rings. The molecule has 0 amide bonds. The normalized spacial score (nSPS) is 12.1. The van der Waals surface area contributed by atoms with Crippen LogP contribution in [0.2, 0.25) is 0 Å². The van der Waals surface area contributed by atoms with Crippen molar-refractivity contribution in [2.75, 3.05) is 0 Å². The molecule has 0 atom stereocenters. The molecule has 4 heteroatoms. The van der Waals surface area contributed by atoms with Gasteiger partial charge in [-0.3, -0.25) is 0 Å². The van der Waals surface area contributed by atoms with Crippen LogP contribution in [0.4, 0.5) is 0 Å². The second-order valence-electron chi connectivity index (χ2n) is 16.9. The maximum absolute atomic E-state index is 2.74. The molecule has 0 saturated carbocycles. The maximum Gasteiger partial charge on any atom is 0.179 e. The van der Waals surface area contributed by atoms with Gasteiger partial charge in [-0.15, -0.1) is 0 Å². The topological polar surface area (TPSA) is 14.8 Å². The van der Waals surface area contributed by atoms with Gasteiger partial charge in [0.05, 0.1) is 33.1 Å². The van der Waals surface area contributed by atoms with E-state index < -0.39 is 8.07 Å². The highest BCUT2D eigenvalue weighted by atomic mass is 28.3. The van der Waals surface area contributed by atoms with Crippen LogP contribution in [0.5, 0.6) is 0 Å². The van der Waals surface area contributed by atoms with E-state index in [-0.39, 0.29) is 0 Å². The van der Waals surface area contributed by atoms with Crippen LogP contribution in [0.3, 0.4) is 0 Å². The summed E-state index contributed by atoms with van der Waals surface area (Å²) in [5.41, 5.74) is 10.6. The predicted molar refractivity (Wildman–Crippen MR) is 273 cm³/mol. The van der Waals surface area contributed by atoms with E-state index in [1.807, 2.05) is 0 Å². The van der Waals surface area contributed by atoms with Gasteiger partial charge in [0.1, 0.15) is 0 Å². The van der Waals surface area contributed by atoms with E-state index in [0.717, 1.165) is 17.1 Å². The molecule has 300 valence electrons. The number of para-hydroxylation sites is 4. The van der Waals surface area contributed by atoms with Gasteiger partial charge in [0, 0.05) is 49.4 Å². The van der Waals surface area contributed by atoms with E-state index in [1.54, 1.807) is 0 Å². The summed E-state index contributed by atoms with van der Waals surface area (Å²) in [7, 11) is -2.74. The van der Waals surface area contributed by atoms with Crippen LogP contribution in [0, 0.1) is 0 Å². The Morgan fingerprint density at radius 3 is 0.891 bits per heavy atom. The lowest BCUT2D eigenvalue weighted by atomic mass is 10.1. The van der Waals surface area contributed by atoms with Crippen molar-refractivity contribution in [2.45, 2.75) is 0 Å². The molecule has 3 nitrogen and oxygen atoms in total. The lowest BCUT2D eigenvalue weighted by molar-refractivity contribution is 1.16. The average molecular weight is 832 g/mol. The number of nitrogens with zero attached hydrogens (tertiary/aromatic N) is 3. The van der Waals surface area contributed by atoms with Gasteiger partial charge in [-0.2, -0.15) is 0 Å². The van der Waals surface area contributed by atoms with Crippen molar-refractivity contribution in [3.63, 3.8) is 0 Å². The Balaban J connectivity index is 1.01. The molecule has 64 heavy (non-hydrogen) atoms. The number of aromatic nitrogens is 3. The number of rotatable bonds is 7. The fourth-order valence-electron chi connectivity index (χ4n) is 10.9. The molecule has 3 aromatic heterocycles. The molecule has 13 rings (SSSR count). The highest BCUT2D eigenvalue weighted by Gasteiger charge is 2.41. The molecule has 3 heterocycles. The zero-order valence-corrected chi connectivity index (χ0v) is 36.0. The largest absolute Gasteiger partial charge is 0.309 e. The van der Waals surface area contributed by atoms with E-state index >= 15 is 0 Å². The summed E-state index contributed by atoms with van der Waals surface area (Å²) in [6.07, 6.45) is 0. The molecule has 0 aliphatic carbocycles. The van der Waals surface area contributed by atoms with Crippen molar-refractivity contribution in [3.05, 3.63) is 249 Å². The second kappa shape index (κ2) is 14.5. The third-order valence-electron chi connectivity index (χ3n) is 13.6. The summed E-state index contributed by atoms with van der Waals surface area (Å²) in [6.45, 7) is 0. The van der Waals surface area contributed by atoms with Crippen molar-refractivity contribution in [1.82, 2.24) is 13.7 Å². The summed E-state index contributed by atoms with van der Waals surface area (Å²) in [5.74, 6) is 0. The Bertz CT molecular complexity index is 3750. The van der Waals surface area contributed by atoms with Gasteiger partial charge in [-0.25, -0.2) is 0 Å². The van der Waals surface area contributed by atoms with E-state index in [9.17, 15) is 0 Å². The molecule has 0 saturated heterocycles. The lowest BCUT2D eigenvalue weighted by Gasteiger charge is -2.34. The Morgan fingerprint density at radius 1 is 0.203 bits per heavy atom. The van der Waals surface area contributed by atoms with Gasteiger partial charge in [0.15, 0.2) is 8.07 Å². The molecular formula is C60H41N3Si. The zero-order chi connectivity index (χ0) is 42.2. The van der Waals surface area contributed by atoms with Crippen LogP contribution in [0.1, 0.15) is 0 Å². The first-order valence-electron chi connectivity index (χ1n) is 22.1. The van der Waals surface area contributed by atoms with Gasteiger partial charge < -0.3 is 13.7 Å². The van der Waals surface area contributed by atoms with Crippen LogP contribution in [0.25, 0.3) is 82.5 Å². The fraction of sp³-hybridized carbons (Fsp3) is 0. The van der Waals surface area contributed by atoms with Gasteiger partial charge in [-0.1, -0.05) is 176 Å². The summed E-state index contributed by atoms with van der Waals surface area (Å²) >= 11 is 0. The average Bonchev–Trinajstić information content (AvgIpc) is 4.01. The summed E-state index contributed by atoms with van der Waals surface area (Å²) in [5, 5.41) is 12.9. The molecular weight excluding hydrogens is 791 g/mol. The second-order valence-corrected chi connectivity index (χ2v) is 20.7. The Hall–Kier alpha value is -8.18. The number of hydrogen-bond acceptors (Lipinski definition) is 0. The number of benzene rings is 10. The van der Waals surface area contributed by atoms with Crippen molar-refractivity contribution in [3.8, 4) is 17.1 Å². The number of fused-ring (bicyclic) bond motifs is 9. The van der Waals surface area contributed by atoms with Gasteiger partial charge in [-0.05, 0) is 93.5 Å². The van der Waals surface area contributed by atoms with E-state index in [4.69, 9.17) is 0 Å². The minimum absolute atomic E-state index is 1.14. The molecule has 0 radical (unpaired) electrons. The zero-order valence-electron chi connectivity index (χ0n) is 35.0. The van der Waals surface area contributed by atoms with E-state index in [2.05, 4.69) is 262 Å². The third kappa shape index (κ3) is 5.33. The van der Waals surface area contributed by atoms with E-state index in [1.165, 1.54) is 86.2 Å². The fourth-order valence-corrected chi connectivity index (χ4v) is 15.7. The minimum atomic E-state index is -2.74. The highest BCUT2D eigenvalue weighted by Crippen LogP contribution is 2.39. The summed E-state index contributed by atoms with van der Waals surface area (Å²) < 4.78 is 7.34. The third-order valence-corrected chi connectivity index (χ3v) is 18.3. The first-order chi connectivity index (χ1) is 31.8. The molecule has 10 aromatic carbocycles. The molecule has 0 unspecified atom stereocenters. The molecule has 0 aliphatic heterocycles. The number of hydrogen-bond donors (Lipinski definition) is 0. The quantitative estimate of drug-likeness (QED) is 0.112. The van der Waals surface area contributed by atoms with Crippen LogP contribution in [-0.2, 0) is 0 Å².